The van der Waals surface area contributed by atoms with Gasteiger partial charge in [-0.05, 0) is 61.9 Å². The number of carbonyl (C=O) groups excluding carboxylic acids is 1. The Kier molecular flexibility index (Phi) is 8.16. The summed E-state index contributed by atoms with van der Waals surface area (Å²) in [5, 5.41) is 6.34. The number of alkyl halides is 6. The Morgan fingerprint density at radius 1 is 1.00 bits per heavy atom. The molecule has 0 heterocycles. The molecule has 192 valence electrons. The van der Waals surface area contributed by atoms with Gasteiger partial charge in [0.2, 0.25) is 5.91 Å². The van der Waals surface area contributed by atoms with Gasteiger partial charge in [0.25, 0.3) is 0 Å². The van der Waals surface area contributed by atoms with E-state index < -0.39 is 40.8 Å². The van der Waals surface area contributed by atoms with E-state index in [1.54, 1.807) is 0 Å². The third kappa shape index (κ3) is 6.55. The number of hydrogen-bond donors (Lipinski definition) is 3. The van der Waals surface area contributed by atoms with Crippen LogP contribution in [0.1, 0.15) is 60.8 Å². The van der Waals surface area contributed by atoms with E-state index in [9.17, 15) is 31.1 Å². The van der Waals surface area contributed by atoms with Gasteiger partial charge in [0.1, 0.15) is 0 Å². The first-order valence-electron chi connectivity index (χ1n) is 11.5. The molecule has 4 N–H and O–H groups in total. The summed E-state index contributed by atoms with van der Waals surface area (Å²) in [6, 6.07) is 10.7. The molecule has 0 saturated heterocycles. The van der Waals surface area contributed by atoms with E-state index in [0.29, 0.717) is 38.1 Å². The van der Waals surface area contributed by atoms with Crippen molar-refractivity contribution < 1.29 is 31.1 Å². The molecule has 2 aromatic carbocycles. The standard InChI is InChI=1S/C25H29F6N3O/c1-16(17-13-19(24(26,27)28)15-20(14-17)25(29,30)31)22(35)34-23(18-5-3-2-4-6-18)9-7-21(8-10-23)33-12-11-32/h2-6,13-16,21,33H,7-12,32H2,1H3,(H,34,35)/t16-,21?,23?/m0/s1. The van der Waals surface area contributed by atoms with E-state index in [1.165, 1.54) is 6.92 Å². The van der Waals surface area contributed by atoms with Crippen molar-refractivity contribution in [2.45, 2.75) is 62.5 Å². The maximum Gasteiger partial charge on any atom is 0.416 e. The van der Waals surface area contributed by atoms with E-state index in [1.807, 2.05) is 30.3 Å². The van der Waals surface area contributed by atoms with Crippen molar-refractivity contribution in [3.8, 4) is 0 Å². The summed E-state index contributed by atoms with van der Waals surface area (Å²) in [6.45, 7) is 2.47. The van der Waals surface area contributed by atoms with Crippen LogP contribution < -0.4 is 16.4 Å². The highest BCUT2D eigenvalue weighted by Gasteiger charge is 2.41. The minimum absolute atomic E-state index is 0.0647. The van der Waals surface area contributed by atoms with Crippen LogP contribution in [0.3, 0.4) is 0 Å². The predicted molar refractivity (Wildman–Crippen MR) is 120 cm³/mol. The normalized spacial score (nSPS) is 22.0. The summed E-state index contributed by atoms with van der Waals surface area (Å²) in [5.41, 5.74) is 2.41. The van der Waals surface area contributed by atoms with Crippen LogP contribution in [0.25, 0.3) is 0 Å². The summed E-state index contributed by atoms with van der Waals surface area (Å²) >= 11 is 0. The van der Waals surface area contributed by atoms with Crippen LogP contribution in [0.2, 0.25) is 0 Å². The molecule has 2 aromatic rings. The molecule has 0 spiro atoms. The lowest BCUT2D eigenvalue weighted by molar-refractivity contribution is -0.143. The Balaban J connectivity index is 1.90. The molecule has 0 aliphatic heterocycles. The summed E-state index contributed by atoms with van der Waals surface area (Å²) in [4.78, 5) is 13.3. The Morgan fingerprint density at radius 3 is 2.03 bits per heavy atom. The van der Waals surface area contributed by atoms with E-state index in [-0.39, 0.29) is 17.7 Å². The fraction of sp³-hybridized carbons (Fsp3) is 0.480. The van der Waals surface area contributed by atoms with E-state index in [0.717, 1.165) is 18.4 Å². The highest BCUT2D eigenvalue weighted by atomic mass is 19.4. The maximum absolute atomic E-state index is 13.3. The van der Waals surface area contributed by atoms with Crippen molar-refractivity contribution >= 4 is 5.91 Å². The van der Waals surface area contributed by atoms with Gasteiger partial charge < -0.3 is 16.4 Å². The van der Waals surface area contributed by atoms with Gasteiger partial charge in [0, 0.05) is 19.1 Å². The van der Waals surface area contributed by atoms with E-state index in [4.69, 9.17) is 5.73 Å². The number of benzene rings is 2. The molecule has 1 fully saturated rings. The number of nitrogens with one attached hydrogen (secondary N) is 2. The minimum atomic E-state index is -4.98. The molecule has 0 aromatic heterocycles. The summed E-state index contributed by atoms with van der Waals surface area (Å²) in [5.74, 6) is -1.86. The highest BCUT2D eigenvalue weighted by Crippen LogP contribution is 2.40. The number of nitrogens with two attached hydrogens (primary N) is 1. The zero-order chi connectivity index (χ0) is 25.9. The Morgan fingerprint density at radius 2 is 1.54 bits per heavy atom. The molecule has 0 unspecified atom stereocenters. The van der Waals surface area contributed by atoms with Gasteiger partial charge in [0.15, 0.2) is 0 Å². The van der Waals surface area contributed by atoms with Crippen LogP contribution >= 0.6 is 0 Å². The van der Waals surface area contributed by atoms with Crippen LogP contribution in [0.4, 0.5) is 26.3 Å². The average Bonchev–Trinajstić information content (AvgIpc) is 2.82. The van der Waals surface area contributed by atoms with Gasteiger partial charge >= 0.3 is 12.4 Å². The van der Waals surface area contributed by atoms with Crippen molar-refractivity contribution in [1.82, 2.24) is 10.6 Å². The highest BCUT2D eigenvalue weighted by molar-refractivity contribution is 5.84. The smallest absolute Gasteiger partial charge is 0.346 e. The molecular formula is C25H29F6N3O. The number of hydrogen-bond acceptors (Lipinski definition) is 3. The monoisotopic (exact) mass is 501 g/mol. The largest absolute Gasteiger partial charge is 0.416 e. The zero-order valence-corrected chi connectivity index (χ0v) is 19.3. The van der Waals surface area contributed by atoms with Crippen molar-refractivity contribution in [2.75, 3.05) is 13.1 Å². The summed E-state index contributed by atoms with van der Waals surface area (Å²) in [6.07, 6.45) is -7.38. The van der Waals surface area contributed by atoms with Gasteiger partial charge in [-0.25, -0.2) is 0 Å². The lowest BCUT2D eigenvalue weighted by Crippen LogP contribution is -2.52. The third-order valence-electron chi connectivity index (χ3n) is 6.61. The molecule has 0 radical (unpaired) electrons. The molecule has 10 heteroatoms. The number of carbonyl (C=O) groups is 1. The van der Waals surface area contributed by atoms with Crippen LogP contribution in [0, 0.1) is 0 Å². The number of halogens is 6. The molecule has 1 aliphatic carbocycles. The number of amides is 1. The van der Waals surface area contributed by atoms with E-state index in [2.05, 4.69) is 10.6 Å². The molecule has 1 aliphatic rings. The fourth-order valence-electron chi connectivity index (χ4n) is 4.57. The topological polar surface area (TPSA) is 67.2 Å². The lowest BCUT2D eigenvalue weighted by atomic mass is 9.74. The SMILES string of the molecule is C[C@H](C(=O)NC1(c2ccccc2)CCC(NCCN)CC1)c1cc(C(F)(F)F)cc(C(F)(F)F)c1. The second kappa shape index (κ2) is 10.6. The van der Waals surface area contributed by atoms with Crippen LogP contribution in [-0.2, 0) is 22.7 Å². The van der Waals surface area contributed by atoms with Gasteiger partial charge in [-0.15, -0.1) is 0 Å². The predicted octanol–water partition coefficient (Wildman–Crippen LogP) is 5.33. The first kappa shape index (κ1) is 27.0. The molecule has 1 saturated carbocycles. The van der Waals surface area contributed by atoms with Crippen LogP contribution in [-0.4, -0.2) is 25.0 Å². The summed E-state index contributed by atoms with van der Waals surface area (Å²) < 4.78 is 79.8. The summed E-state index contributed by atoms with van der Waals surface area (Å²) in [7, 11) is 0. The van der Waals surface area contributed by atoms with Crippen molar-refractivity contribution in [2.24, 2.45) is 5.73 Å². The molecular weight excluding hydrogens is 472 g/mol. The Hall–Kier alpha value is -2.59. The quantitative estimate of drug-likeness (QED) is 0.450. The Bertz CT molecular complexity index is 966. The van der Waals surface area contributed by atoms with Crippen molar-refractivity contribution in [1.29, 1.82) is 0 Å². The van der Waals surface area contributed by atoms with Gasteiger partial charge in [0.05, 0.1) is 22.6 Å². The van der Waals surface area contributed by atoms with Crippen molar-refractivity contribution in [3.63, 3.8) is 0 Å². The molecule has 1 atom stereocenters. The van der Waals surface area contributed by atoms with Crippen molar-refractivity contribution in [3.05, 3.63) is 70.8 Å². The molecule has 0 bridgehead atoms. The molecule has 1 amide bonds. The first-order chi connectivity index (χ1) is 16.4. The minimum Gasteiger partial charge on any atom is -0.346 e. The van der Waals surface area contributed by atoms with Gasteiger partial charge in [-0.3, -0.25) is 4.79 Å². The molecule has 3 rings (SSSR count). The first-order valence-corrected chi connectivity index (χ1v) is 11.5. The number of rotatable bonds is 7. The zero-order valence-electron chi connectivity index (χ0n) is 19.3. The van der Waals surface area contributed by atoms with Gasteiger partial charge in [-0.2, -0.15) is 26.3 Å². The third-order valence-corrected chi connectivity index (χ3v) is 6.61. The van der Waals surface area contributed by atoms with E-state index >= 15 is 0 Å². The van der Waals surface area contributed by atoms with Gasteiger partial charge in [-0.1, -0.05) is 30.3 Å². The molecule has 4 nitrogen and oxygen atoms in total. The van der Waals surface area contributed by atoms with Crippen LogP contribution in [0.15, 0.2) is 48.5 Å². The molecule has 35 heavy (non-hydrogen) atoms. The second-order valence-electron chi connectivity index (χ2n) is 9.02. The average molecular weight is 502 g/mol. The fourth-order valence-corrected chi connectivity index (χ4v) is 4.57. The lowest BCUT2D eigenvalue weighted by Gasteiger charge is -2.42. The van der Waals surface area contributed by atoms with Crippen LogP contribution in [0.5, 0.6) is 0 Å². The maximum atomic E-state index is 13.3. The Labute approximate surface area is 200 Å². The second-order valence-corrected chi connectivity index (χ2v) is 9.02.